The first kappa shape index (κ1) is 20.0. The summed E-state index contributed by atoms with van der Waals surface area (Å²) in [5.74, 6) is -1.15. The van der Waals surface area contributed by atoms with Gasteiger partial charge < -0.3 is 9.94 Å². The lowest BCUT2D eigenvalue weighted by Crippen LogP contribution is -2.35. The summed E-state index contributed by atoms with van der Waals surface area (Å²) in [6.45, 7) is 2.60. The molecule has 0 aliphatic rings. The largest absolute Gasteiger partial charge is 0.478 e. The van der Waals surface area contributed by atoms with Gasteiger partial charge >= 0.3 is 5.97 Å². The molecular formula is C20H25NO4S. The van der Waals surface area contributed by atoms with Crippen LogP contribution >= 0.6 is 11.3 Å². The number of benzene rings is 1. The highest BCUT2D eigenvalue weighted by Gasteiger charge is 2.21. The molecule has 26 heavy (non-hydrogen) atoms. The van der Waals surface area contributed by atoms with Gasteiger partial charge in [0.25, 0.3) is 5.91 Å². The fourth-order valence-corrected chi connectivity index (χ4v) is 3.25. The molecule has 1 N–H and O–H groups in total. The molecule has 1 heterocycles. The molecule has 140 valence electrons. The number of hydroxylamine groups is 2. The fourth-order valence-electron chi connectivity index (χ4n) is 2.59. The van der Waals surface area contributed by atoms with Crippen LogP contribution in [0, 0.1) is 0 Å². The molecule has 0 fully saturated rings. The van der Waals surface area contributed by atoms with Gasteiger partial charge in [0.05, 0.1) is 11.4 Å². The van der Waals surface area contributed by atoms with Gasteiger partial charge in [0.1, 0.15) is 5.56 Å². The molecule has 5 nitrogen and oxygen atoms in total. The number of carbonyl (C=O) groups excluding carboxylic acids is 1. The van der Waals surface area contributed by atoms with E-state index in [9.17, 15) is 14.7 Å². The standard InChI is InChI=1S/C20H25NO4S/c1-2-3-4-5-6-9-14-21(19(22)18-13-10-15-26-18)25-17-12-8-7-11-16(17)20(23)24/h7-8,10-13,15H,2-6,9,14H2,1H3,(H,23,24). The minimum absolute atomic E-state index is 0.0411. The summed E-state index contributed by atoms with van der Waals surface area (Å²) in [5.41, 5.74) is 0.0411. The Bertz CT molecular complexity index is 700. The summed E-state index contributed by atoms with van der Waals surface area (Å²) < 4.78 is 0. The zero-order valence-corrected chi connectivity index (χ0v) is 15.8. The molecule has 1 aromatic carbocycles. The molecule has 2 rings (SSSR count). The normalized spacial score (nSPS) is 10.5. The molecule has 6 heteroatoms. The molecule has 0 aliphatic heterocycles. The molecular weight excluding hydrogens is 350 g/mol. The van der Waals surface area contributed by atoms with E-state index in [2.05, 4.69) is 6.92 Å². The Morgan fingerprint density at radius 1 is 1.04 bits per heavy atom. The highest BCUT2D eigenvalue weighted by Crippen LogP contribution is 2.21. The molecule has 0 saturated carbocycles. The number of hydrogen-bond acceptors (Lipinski definition) is 4. The van der Waals surface area contributed by atoms with Crippen LogP contribution in [0.4, 0.5) is 0 Å². The van der Waals surface area contributed by atoms with Gasteiger partial charge in [-0.25, -0.2) is 4.79 Å². The first-order chi connectivity index (χ1) is 12.6. The van der Waals surface area contributed by atoms with Gasteiger partial charge in [0, 0.05) is 0 Å². The zero-order valence-electron chi connectivity index (χ0n) is 15.0. The molecule has 0 unspecified atom stereocenters. The highest BCUT2D eigenvalue weighted by atomic mass is 32.1. The van der Waals surface area contributed by atoms with E-state index in [1.165, 1.54) is 41.7 Å². The first-order valence-electron chi connectivity index (χ1n) is 8.99. The maximum Gasteiger partial charge on any atom is 0.339 e. The topological polar surface area (TPSA) is 66.8 Å². The molecule has 0 aliphatic carbocycles. The minimum Gasteiger partial charge on any atom is -0.478 e. The maximum atomic E-state index is 12.7. The lowest BCUT2D eigenvalue weighted by molar-refractivity contribution is -0.0343. The SMILES string of the molecule is CCCCCCCCN(Oc1ccccc1C(=O)O)C(=O)c1cccs1. The van der Waals surface area contributed by atoms with Crippen molar-refractivity contribution < 1.29 is 19.5 Å². The van der Waals surface area contributed by atoms with E-state index in [0.29, 0.717) is 11.4 Å². The second-order valence-electron chi connectivity index (χ2n) is 6.04. The van der Waals surface area contributed by atoms with E-state index in [1.807, 2.05) is 11.4 Å². The van der Waals surface area contributed by atoms with E-state index in [0.717, 1.165) is 19.3 Å². The molecule has 1 aromatic heterocycles. The minimum atomic E-state index is -1.08. The van der Waals surface area contributed by atoms with Crippen LogP contribution in [0.2, 0.25) is 0 Å². The van der Waals surface area contributed by atoms with Crippen LogP contribution in [-0.4, -0.2) is 28.6 Å². The number of carbonyl (C=O) groups is 2. The van der Waals surface area contributed by atoms with Crippen molar-refractivity contribution in [2.45, 2.75) is 45.4 Å². The van der Waals surface area contributed by atoms with Crippen molar-refractivity contribution in [1.29, 1.82) is 0 Å². The third kappa shape index (κ3) is 5.88. The van der Waals surface area contributed by atoms with Crippen molar-refractivity contribution in [3.63, 3.8) is 0 Å². The van der Waals surface area contributed by atoms with E-state index < -0.39 is 5.97 Å². The predicted molar refractivity (Wildman–Crippen MR) is 103 cm³/mol. The van der Waals surface area contributed by atoms with Crippen LogP contribution in [-0.2, 0) is 0 Å². The van der Waals surface area contributed by atoms with Crippen molar-refractivity contribution in [3.8, 4) is 5.75 Å². The third-order valence-corrected chi connectivity index (χ3v) is 4.86. The molecule has 2 aromatic rings. The van der Waals surface area contributed by atoms with Crippen molar-refractivity contribution >= 4 is 23.2 Å². The quantitative estimate of drug-likeness (QED) is 0.431. The van der Waals surface area contributed by atoms with Gasteiger partial charge in [-0.1, -0.05) is 57.2 Å². The van der Waals surface area contributed by atoms with Crippen LogP contribution in [0.15, 0.2) is 41.8 Å². The smallest absolute Gasteiger partial charge is 0.339 e. The Balaban J connectivity index is 2.06. The fraction of sp³-hybridized carbons (Fsp3) is 0.400. The summed E-state index contributed by atoms with van der Waals surface area (Å²) in [5, 5.41) is 12.4. The number of para-hydroxylation sites is 1. The Kier molecular flexibility index (Phi) is 8.15. The summed E-state index contributed by atoms with van der Waals surface area (Å²) in [7, 11) is 0. The molecule has 0 radical (unpaired) electrons. The number of hydrogen-bond donors (Lipinski definition) is 1. The second kappa shape index (κ2) is 10.6. The molecule has 0 atom stereocenters. The molecule has 0 spiro atoms. The van der Waals surface area contributed by atoms with E-state index in [4.69, 9.17) is 4.84 Å². The lowest BCUT2D eigenvalue weighted by atomic mass is 10.1. The van der Waals surface area contributed by atoms with Gasteiger partial charge in [-0.2, -0.15) is 5.06 Å². The highest BCUT2D eigenvalue weighted by molar-refractivity contribution is 7.12. The van der Waals surface area contributed by atoms with Crippen molar-refractivity contribution in [1.82, 2.24) is 5.06 Å². The number of carboxylic acids is 1. The van der Waals surface area contributed by atoms with Gasteiger partial charge in [-0.3, -0.25) is 4.79 Å². The van der Waals surface area contributed by atoms with Gasteiger partial charge in [-0.15, -0.1) is 11.3 Å². The summed E-state index contributed by atoms with van der Waals surface area (Å²) in [4.78, 5) is 30.4. The van der Waals surface area contributed by atoms with Crippen LogP contribution < -0.4 is 4.84 Å². The summed E-state index contributed by atoms with van der Waals surface area (Å²) >= 11 is 1.34. The number of nitrogens with zero attached hydrogens (tertiary/aromatic N) is 1. The second-order valence-corrected chi connectivity index (χ2v) is 6.99. The van der Waals surface area contributed by atoms with Crippen molar-refractivity contribution in [2.75, 3.05) is 6.54 Å². The Labute approximate surface area is 158 Å². The number of unbranched alkanes of at least 4 members (excludes halogenated alkanes) is 5. The number of rotatable bonds is 11. The summed E-state index contributed by atoms with van der Waals surface area (Å²) in [6, 6.07) is 9.92. The van der Waals surface area contributed by atoms with E-state index >= 15 is 0 Å². The van der Waals surface area contributed by atoms with Gasteiger partial charge in [-0.05, 0) is 30.0 Å². The van der Waals surface area contributed by atoms with E-state index in [1.54, 1.807) is 24.3 Å². The summed E-state index contributed by atoms with van der Waals surface area (Å²) in [6.07, 6.45) is 6.56. The van der Waals surface area contributed by atoms with Crippen molar-refractivity contribution in [2.24, 2.45) is 0 Å². The predicted octanol–water partition coefficient (Wildman–Crippen LogP) is 5.24. The monoisotopic (exact) mass is 375 g/mol. The van der Waals surface area contributed by atoms with E-state index in [-0.39, 0.29) is 17.2 Å². The van der Waals surface area contributed by atoms with Crippen LogP contribution in [0.25, 0.3) is 0 Å². The van der Waals surface area contributed by atoms with Crippen molar-refractivity contribution in [3.05, 3.63) is 52.2 Å². The average molecular weight is 375 g/mol. The van der Waals surface area contributed by atoms with Gasteiger partial charge in [0.15, 0.2) is 5.75 Å². The average Bonchev–Trinajstić information content (AvgIpc) is 3.18. The number of amides is 1. The Morgan fingerprint density at radius 2 is 1.77 bits per heavy atom. The number of aromatic carboxylic acids is 1. The number of thiophene rings is 1. The maximum absolute atomic E-state index is 12.7. The first-order valence-corrected chi connectivity index (χ1v) is 9.87. The zero-order chi connectivity index (χ0) is 18.8. The van der Waals surface area contributed by atoms with Crippen LogP contribution in [0.5, 0.6) is 5.75 Å². The van der Waals surface area contributed by atoms with Gasteiger partial charge in [0.2, 0.25) is 0 Å². The molecule has 0 bridgehead atoms. The van der Waals surface area contributed by atoms with Crippen LogP contribution in [0.1, 0.15) is 65.5 Å². The Hall–Kier alpha value is -2.34. The number of carboxylic acid groups (broad SMARTS) is 1. The molecule has 1 amide bonds. The molecule has 0 saturated heterocycles. The lowest BCUT2D eigenvalue weighted by Gasteiger charge is -2.22. The van der Waals surface area contributed by atoms with Crippen LogP contribution in [0.3, 0.4) is 0 Å². The Morgan fingerprint density at radius 3 is 2.46 bits per heavy atom. The third-order valence-electron chi connectivity index (χ3n) is 4.00.